The van der Waals surface area contributed by atoms with Crippen LogP contribution >= 0.6 is 15.6 Å². The molecule has 5 atom stereocenters. The number of phosphoric ester groups is 2. The fourth-order valence-electron chi connectivity index (χ4n) is 12.6. The molecular formula is C82H160O17P2. The highest BCUT2D eigenvalue weighted by Crippen LogP contribution is 2.45. The first-order chi connectivity index (χ1) is 48.6. The number of unbranched alkanes of at least 4 members (excludes halogenated alkanes) is 45. The Morgan fingerprint density at radius 1 is 0.248 bits per heavy atom. The Hall–Kier alpha value is -1.94. The number of carbonyl (C=O) groups is 4. The van der Waals surface area contributed by atoms with Crippen LogP contribution < -0.4 is 0 Å². The van der Waals surface area contributed by atoms with E-state index in [1.165, 1.54) is 218 Å². The van der Waals surface area contributed by atoms with Crippen molar-refractivity contribution in [2.24, 2.45) is 23.7 Å². The van der Waals surface area contributed by atoms with Gasteiger partial charge >= 0.3 is 39.5 Å². The molecule has 101 heavy (non-hydrogen) atoms. The molecule has 0 aromatic rings. The summed E-state index contributed by atoms with van der Waals surface area (Å²) in [6.45, 7) is 14.2. The van der Waals surface area contributed by atoms with Crippen molar-refractivity contribution in [2.75, 3.05) is 39.6 Å². The van der Waals surface area contributed by atoms with Gasteiger partial charge in [0, 0.05) is 25.7 Å². The number of esters is 4. The summed E-state index contributed by atoms with van der Waals surface area (Å²) in [5.41, 5.74) is 0. The molecule has 0 aliphatic rings. The van der Waals surface area contributed by atoms with Gasteiger partial charge in [-0.2, -0.15) is 0 Å². The summed E-state index contributed by atoms with van der Waals surface area (Å²) in [5, 5.41) is 10.6. The number of aliphatic hydroxyl groups is 1. The Morgan fingerprint density at radius 3 is 0.614 bits per heavy atom. The minimum atomic E-state index is -4.96. The number of aliphatic hydroxyl groups excluding tert-OH is 1. The lowest BCUT2D eigenvalue weighted by atomic mass is 10.0. The van der Waals surface area contributed by atoms with E-state index in [4.69, 9.17) is 37.0 Å². The van der Waals surface area contributed by atoms with Crippen LogP contribution in [-0.4, -0.2) is 96.7 Å². The molecule has 0 bridgehead atoms. The van der Waals surface area contributed by atoms with Gasteiger partial charge in [0.25, 0.3) is 0 Å². The monoisotopic (exact) mass is 1480 g/mol. The van der Waals surface area contributed by atoms with Gasteiger partial charge in [0.2, 0.25) is 0 Å². The Bertz CT molecular complexity index is 1970. The van der Waals surface area contributed by atoms with Crippen LogP contribution in [0, 0.1) is 23.7 Å². The third-order valence-electron chi connectivity index (χ3n) is 19.1. The predicted octanol–water partition coefficient (Wildman–Crippen LogP) is 24.4. The number of ether oxygens (including phenoxy) is 4. The van der Waals surface area contributed by atoms with Gasteiger partial charge in [0.1, 0.15) is 19.3 Å². The average molecular weight is 1480 g/mol. The third-order valence-corrected chi connectivity index (χ3v) is 21.0. The summed E-state index contributed by atoms with van der Waals surface area (Å²) >= 11 is 0. The molecule has 0 fully saturated rings. The molecule has 0 saturated carbocycles. The lowest BCUT2D eigenvalue weighted by Gasteiger charge is -2.21. The van der Waals surface area contributed by atoms with Gasteiger partial charge in [-0.25, -0.2) is 9.13 Å². The normalized spacial score (nSPS) is 14.0. The van der Waals surface area contributed by atoms with E-state index in [0.29, 0.717) is 31.6 Å². The average Bonchev–Trinajstić information content (AvgIpc) is 0.958. The molecule has 0 aromatic heterocycles. The van der Waals surface area contributed by atoms with Crippen LogP contribution in [0.15, 0.2) is 0 Å². The van der Waals surface area contributed by atoms with Crippen molar-refractivity contribution in [1.29, 1.82) is 0 Å². The highest BCUT2D eigenvalue weighted by Gasteiger charge is 2.30. The van der Waals surface area contributed by atoms with Crippen molar-refractivity contribution in [1.82, 2.24) is 0 Å². The highest BCUT2D eigenvalue weighted by atomic mass is 31.2. The maximum Gasteiger partial charge on any atom is 0.472 e. The van der Waals surface area contributed by atoms with Crippen LogP contribution in [0.1, 0.15) is 421 Å². The molecule has 600 valence electrons. The number of hydrogen-bond acceptors (Lipinski definition) is 15. The number of rotatable bonds is 79. The smallest absolute Gasteiger partial charge is 0.462 e. The van der Waals surface area contributed by atoms with Crippen molar-refractivity contribution in [3.63, 3.8) is 0 Å². The van der Waals surface area contributed by atoms with Gasteiger partial charge in [0.05, 0.1) is 26.4 Å². The minimum Gasteiger partial charge on any atom is -0.462 e. The number of hydrogen-bond donors (Lipinski definition) is 3. The zero-order valence-electron chi connectivity index (χ0n) is 66.5. The zero-order chi connectivity index (χ0) is 74.6. The maximum atomic E-state index is 13.1. The summed E-state index contributed by atoms with van der Waals surface area (Å²) in [5.74, 6) is 0.946. The molecule has 0 rings (SSSR count). The Morgan fingerprint density at radius 2 is 0.416 bits per heavy atom. The van der Waals surface area contributed by atoms with Crippen molar-refractivity contribution in [3.05, 3.63) is 0 Å². The first-order valence-corrected chi connectivity index (χ1v) is 45.2. The fraction of sp³-hybridized carbons (Fsp3) is 0.951. The quantitative estimate of drug-likeness (QED) is 0.0222. The van der Waals surface area contributed by atoms with Crippen molar-refractivity contribution >= 4 is 39.5 Å². The fourth-order valence-corrected chi connectivity index (χ4v) is 14.2. The van der Waals surface area contributed by atoms with E-state index in [1.54, 1.807) is 0 Å². The first-order valence-electron chi connectivity index (χ1n) is 42.2. The van der Waals surface area contributed by atoms with Crippen LogP contribution in [-0.2, 0) is 65.4 Å². The second-order valence-corrected chi connectivity index (χ2v) is 34.3. The van der Waals surface area contributed by atoms with E-state index < -0.39 is 97.5 Å². The maximum absolute atomic E-state index is 13.1. The summed E-state index contributed by atoms with van der Waals surface area (Å²) in [6.07, 6.45) is 58.5. The molecule has 0 aliphatic heterocycles. The Balaban J connectivity index is 5.18. The van der Waals surface area contributed by atoms with Gasteiger partial charge < -0.3 is 33.8 Å². The molecular weight excluding hydrogens is 1320 g/mol. The highest BCUT2D eigenvalue weighted by molar-refractivity contribution is 7.47. The molecule has 19 heteroatoms. The van der Waals surface area contributed by atoms with Crippen molar-refractivity contribution in [2.45, 2.75) is 440 Å². The largest absolute Gasteiger partial charge is 0.472 e. The molecule has 0 saturated heterocycles. The van der Waals surface area contributed by atoms with E-state index in [-0.39, 0.29) is 25.7 Å². The molecule has 3 unspecified atom stereocenters. The topological polar surface area (TPSA) is 237 Å². The molecule has 3 N–H and O–H groups in total. The second-order valence-electron chi connectivity index (χ2n) is 31.4. The minimum absolute atomic E-state index is 0.107. The van der Waals surface area contributed by atoms with E-state index in [0.717, 1.165) is 114 Å². The van der Waals surface area contributed by atoms with Crippen molar-refractivity contribution < 1.29 is 80.2 Å². The summed E-state index contributed by atoms with van der Waals surface area (Å²) in [4.78, 5) is 73.0. The summed E-state index contributed by atoms with van der Waals surface area (Å²) in [6, 6.07) is 0. The van der Waals surface area contributed by atoms with Crippen LogP contribution in [0.4, 0.5) is 0 Å². The molecule has 0 aromatic carbocycles. The molecule has 0 amide bonds. The molecule has 17 nitrogen and oxygen atoms in total. The zero-order valence-corrected chi connectivity index (χ0v) is 68.3. The van der Waals surface area contributed by atoms with Gasteiger partial charge in [0.15, 0.2) is 12.2 Å². The summed E-state index contributed by atoms with van der Waals surface area (Å²) < 4.78 is 68.7. The van der Waals surface area contributed by atoms with Gasteiger partial charge in [-0.15, -0.1) is 0 Å². The Labute approximate surface area is 619 Å². The van der Waals surface area contributed by atoms with Crippen LogP contribution in [0.2, 0.25) is 0 Å². The number of carbonyl (C=O) groups excluding carboxylic acids is 4. The predicted molar refractivity (Wildman–Crippen MR) is 414 cm³/mol. The number of phosphoric acid groups is 2. The van der Waals surface area contributed by atoms with Crippen LogP contribution in [0.25, 0.3) is 0 Å². The first kappa shape index (κ1) is 99.1. The van der Waals surface area contributed by atoms with Crippen molar-refractivity contribution in [3.8, 4) is 0 Å². The molecule has 0 heterocycles. The second kappa shape index (κ2) is 71.0. The van der Waals surface area contributed by atoms with Gasteiger partial charge in [-0.3, -0.25) is 37.3 Å². The standard InChI is InChI=1S/C82H160O17P2/c1-72(2)58-50-42-34-28-22-18-14-11-9-10-12-16-20-24-32-38-48-56-65-82(87)99-78(69-93-80(85)63-55-47-41-40-45-53-61-75(7)8)71-97-101(90,91)95-67-76(83)66-94-100(88,89)96-70-77(68-92-79(84)62-54-46-37-31-27-26-30-36-44-52-60-74(5)6)98-81(86)64-57-49-39-33-25-21-17-13-15-19-23-29-35-43-51-59-73(3)4/h72-78,83H,9-71H2,1-8H3,(H,88,89)(H,90,91)/t76?,77-,78-/m1/s1. The molecule has 0 radical (unpaired) electrons. The van der Waals surface area contributed by atoms with E-state index in [2.05, 4.69) is 55.4 Å². The lowest BCUT2D eigenvalue weighted by molar-refractivity contribution is -0.161. The third kappa shape index (κ3) is 76.1. The van der Waals surface area contributed by atoms with Crippen LogP contribution in [0.3, 0.4) is 0 Å². The van der Waals surface area contributed by atoms with E-state index in [1.807, 2.05) is 0 Å². The van der Waals surface area contributed by atoms with Gasteiger partial charge in [-0.1, -0.05) is 370 Å². The van der Waals surface area contributed by atoms with E-state index in [9.17, 15) is 43.2 Å². The molecule has 0 spiro atoms. The molecule has 0 aliphatic carbocycles. The lowest BCUT2D eigenvalue weighted by Crippen LogP contribution is -2.30. The van der Waals surface area contributed by atoms with E-state index >= 15 is 0 Å². The van der Waals surface area contributed by atoms with Gasteiger partial charge in [-0.05, 0) is 49.4 Å². The summed E-state index contributed by atoms with van der Waals surface area (Å²) in [7, 11) is -9.92. The SMILES string of the molecule is CC(C)CCCCCCCCCCCCCCCCCCCCC(=O)O[C@H](COC(=O)CCCCCCCCC(C)C)COP(=O)(O)OCC(O)COP(=O)(O)OC[C@@H](COC(=O)CCCCCCCCCCCCC(C)C)OC(=O)CCCCCCCCCCCCCCCCCC(C)C. The van der Waals surface area contributed by atoms with Crippen LogP contribution in [0.5, 0.6) is 0 Å². The Kier molecular flexibility index (Phi) is 69.6.